The Morgan fingerprint density at radius 1 is 1.04 bits per heavy atom. The number of halogens is 5. The van der Waals surface area contributed by atoms with Gasteiger partial charge in [0, 0.05) is 31.7 Å². The monoisotopic (exact) mass is 336 g/mol. The maximum atomic E-state index is 13.1. The van der Waals surface area contributed by atoms with Crippen LogP contribution in [0.25, 0.3) is 0 Å². The molecule has 1 fully saturated rings. The number of rotatable bonds is 3. The first-order valence-corrected chi connectivity index (χ1v) is 6.73. The fraction of sp³-hybridized carbons (Fsp3) is 0.429. The Kier molecular flexibility index (Phi) is 4.86. The maximum absolute atomic E-state index is 13.1. The van der Waals surface area contributed by atoms with Crippen molar-refractivity contribution in [2.45, 2.75) is 12.3 Å². The predicted molar refractivity (Wildman–Crippen MR) is 69.8 cm³/mol. The smallest absolute Gasteiger partial charge is 0.335 e. The molecule has 1 aliphatic rings. The van der Waals surface area contributed by atoms with E-state index in [0.717, 1.165) is 6.07 Å². The summed E-state index contributed by atoms with van der Waals surface area (Å²) in [5, 5.41) is 0. The predicted octanol–water partition coefficient (Wildman–Crippen LogP) is 2.01. The van der Waals surface area contributed by atoms with Gasteiger partial charge in [0.1, 0.15) is 5.82 Å². The van der Waals surface area contributed by atoms with E-state index in [0.29, 0.717) is 4.90 Å². The molecule has 4 nitrogen and oxygen atoms in total. The highest BCUT2D eigenvalue weighted by molar-refractivity contribution is 5.94. The van der Waals surface area contributed by atoms with Crippen molar-refractivity contribution in [3.8, 4) is 0 Å². The molecule has 0 spiro atoms. The molecule has 1 saturated heterocycles. The van der Waals surface area contributed by atoms with Crippen LogP contribution in [0.2, 0.25) is 0 Å². The van der Waals surface area contributed by atoms with E-state index < -0.39 is 30.0 Å². The molecule has 2 amide bonds. The van der Waals surface area contributed by atoms with Crippen LogP contribution < -0.4 is 0 Å². The number of amides is 2. The molecule has 0 N–H and O–H groups in total. The highest BCUT2D eigenvalue weighted by atomic mass is 19.3. The van der Waals surface area contributed by atoms with Gasteiger partial charge in [-0.25, -0.2) is 13.2 Å². The lowest BCUT2D eigenvalue weighted by atomic mass is 10.1. The number of carbonyl (C=O) groups is 2. The summed E-state index contributed by atoms with van der Waals surface area (Å²) in [6.45, 7) is -0.773. The fourth-order valence-corrected chi connectivity index (χ4v) is 2.22. The molecule has 9 heteroatoms. The van der Waals surface area contributed by atoms with Crippen molar-refractivity contribution in [3.63, 3.8) is 0 Å². The first-order valence-electron chi connectivity index (χ1n) is 6.73. The Hall–Kier alpha value is -2.19. The lowest BCUT2D eigenvalue weighted by Gasteiger charge is -2.36. The summed E-state index contributed by atoms with van der Waals surface area (Å²) in [7, 11) is 0. The van der Waals surface area contributed by atoms with Crippen molar-refractivity contribution in [1.29, 1.82) is 0 Å². The van der Waals surface area contributed by atoms with E-state index in [1.54, 1.807) is 0 Å². The van der Waals surface area contributed by atoms with Gasteiger partial charge < -0.3 is 9.80 Å². The zero-order valence-electron chi connectivity index (χ0n) is 11.8. The second-order valence-electron chi connectivity index (χ2n) is 5.02. The van der Waals surface area contributed by atoms with E-state index >= 15 is 0 Å². The summed E-state index contributed by atoms with van der Waals surface area (Å²) in [5.41, 5.74) is 0.0858. The highest BCUT2D eigenvalue weighted by Gasteiger charge is 2.51. The van der Waals surface area contributed by atoms with Gasteiger partial charge in [-0.3, -0.25) is 9.59 Å². The van der Waals surface area contributed by atoms with Crippen molar-refractivity contribution in [1.82, 2.24) is 9.80 Å². The number of hydrogen-bond acceptors (Lipinski definition) is 2. The largest absolute Gasteiger partial charge is 0.383 e. The molecular weight excluding hydrogens is 323 g/mol. The fourth-order valence-electron chi connectivity index (χ4n) is 2.22. The molecule has 23 heavy (non-hydrogen) atoms. The normalized spacial score (nSPS) is 15.9. The summed E-state index contributed by atoms with van der Waals surface area (Å²) >= 11 is 0. The first-order chi connectivity index (χ1) is 10.7. The quantitative estimate of drug-likeness (QED) is 0.793. The maximum Gasteiger partial charge on any atom is 0.383 e. The molecule has 0 bridgehead atoms. The number of carbonyl (C=O) groups excluding carboxylic acids is 2. The van der Waals surface area contributed by atoms with Gasteiger partial charge in [0.25, 0.3) is 11.8 Å². The molecule has 0 radical (unpaired) electrons. The lowest BCUT2D eigenvalue weighted by molar-refractivity contribution is -0.181. The van der Waals surface area contributed by atoms with Gasteiger partial charge in [-0.1, -0.05) is 6.07 Å². The van der Waals surface area contributed by atoms with Gasteiger partial charge in [0.2, 0.25) is 0 Å². The molecule has 2 rings (SSSR count). The zero-order chi connectivity index (χ0) is 17.2. The Morgan fingerprint density at radius 2 is 1.61 bits per heavy atom. The summed E-state index contributed by atoms with van der Waals surface area (Å²) in [5.74, 6) is -7.81. The Bertz CT molecular complexity index is 601. The van der Waals surface area contributed by atoms with Gasteiger partial charge in [-0.2, -0.15) is 8.78 Å². The number of benzene rings is 1. The summed E-state index contributed by atoms with van der Waals surface area (Å²) in [6.07, 6.45) is -4.08. The SMILES string of the molecule is O=C(c1cccc(F)c1)N1CCN(C(=O)C(F)(F)C(F)F)CC1. The third kappa shape index (κ3) is 3.59. The average molecular weight is 336 g/mol. The third-order valence-corrected chi connectivity index (χ3v) is 3.48. The number of piperazine rings is 1. The summed E-state index contributed by atoms with van der Waals surface area (Å²) in [6, 6.07) is 4.95. The van der Waals surface area contributed by atoms with Crippen molar-refractivity contribution in [2.75, 3.05) is 26.2 Å². The van der Waals surface area contributed by atoms with Crippen LogP contribution in [0.15, 0.2) is 24.3 Å². The number of nitrogens with zero attached hydrogens (tertiary/aromatic N) is 2. The van der Waals surface area contributed by atoms with Crippen molar-refractivity contribution in [2.24, 2.45) is 0 Å². The average Bonchev–Trinajstić information content (AvgIpc) is 2.53. The van der Waals surface area contributed by atoms with Crippen LogP contribution in [0.3, 0.4) is 0 Å². The Morgan fingerprint density at radius 3 is 2.13 bits per heavy atom. The minimum Gasteiger partial charge on any atom is -0.335 e. The van der Waals surface area contributed by atoms with E-state index in [4.69, 9.17) is 0 Å². The first kappa shape index (κ1) is 17.2. The number of alkyl halides is 4. The molecular formula is C14H13F5N2O2. The van der Waals surface area contributed by atoms with Crippen LogP contribution in [0.5, 0.6) is 0 Å². The molecule has 1 heterocycles. The zero-order valence-corrected chi connectivity index (χ0v) is 11.8. The van der Waals surface area contributed by atoms with Crippen molar-refractivity contribution >= 4 is 11.8 Å². The van der Waals surface area contributed by atoms with Crippen LogP contribution in [-0.4, -0.2) is 60.1 Å². The van der Waals surface area contributed by atoms with Gasteiger partial charge in [0.15, 0.2) is 0 Å². The second-order valence-corrected chi connectivity index (χ2v) is 5.02. The van der Waals surface area contributed by atoms with E-state index in [9.17, 15) is 31.5 Å². The Balaban J connectivity index is 1.99. The minimum atomic E-state index is -4.74. The lowest BCUT2D eigenvalue weighted by Crippen LogP contribution is -2.56. The highest BCUT2D eigenvalue weighted by Crippen LogP contribution is 2.26. The van der Waals surface area contributed by atoms with Gasteiger partial charge in [-0.15, -0.1) is 0 Å². The van der Waals surface area contributed by atoms with Gasteiger partial charge in [-0.05, 0) is 18.2 Å². The topological polar surface area (TPSA) is 40.6 Å². The molecule has 0 atom stereocenters. The molecule has 1 aliphatic heterocycles. The summed E-state index contributed by atoms with van der Waals surface area (Å²) in [4.78, 5) is 25.4. The minimum absolute atomic E-state index is 0.0858. The standard InChI is InChI=1S/C14H13F5N2O2/c15-10-3-1-2-9(8-10)11(22)20-4-6-21(7-5-20)13(23)14(18,19)12(16)17/h1-3,8,12H,4-7H2. The van der Waals surface area contributed by atoms with E-state index in [1.807, 2.05) is 0 Å². The molecule has 1 aromatic carbocycles. The Labute approximate surface area is 128 Å². The number of hydrogen-bond donors (Lipinski definition) is 0. The van der Waals surface area contributed by atoms with E-state index in [2.05, 4.69) is 0 Å². The van der Waals surface area contributed by atoms with Crippen LogP contribution in [0.1, 0.15) is 10.4 Å². The van der Waals surface area contributed by atoms with Crippen molar-refractivity contribution < 1.29 is 31.5 Å². The molecule has 0 unspecified atom stereocenters. The van der Waals surface area contributed by atoms with Crippen molar-refractivity contribution in [3.05, 3.63) is 35.6 Å². The molecule has 1 aromatic rings. The third-order valence-electron chi connectivity index (χ3n) is 3.48. The van der Waals surface area contributed by atoms with Crippen LogP contribution in [0.4, 0.5) is 22.0 Å². The van der Waals surface area contributed by atoms with Crippen LogP contribution in [-0.2, 0) is 4.79 Å². The molecule has 126 valence electrons. The van der Waals surface area contributed by atoms with Gasteiger partial charge in [0.05, 0.1) is 0 Å². The summed E-state index contributed by atoms with van der Waals surface area (Å²) < 4.78 is 63.5. The van der Waals surface area contributed by atoms with E-state index in [-0.39, 0.29) is 31.7 Å². The molecule has 0 saturated carbocycles. The van der Waals surface area contributed by atoms with Crippen LogP contribution >= 0.6 is 0 Å². The molecule has 0 aliphatic carbocycles. The van der Waals surface area contributed by atoms with Crippen LogP contribution in [0, 0.1) is 5.82 Å². The van der Waals surface area contributed by atoms with Gasteiger partial charge >= 0.3 is 12.3 Å². The second kappa shape index (κ2) is 6.51. The van der Waals surface area contributed by atoms with E-state index in [1.165, 1.54) is 23.1 Å². The molecule has 0 aromatic heterocycles.